The lowest BCUT2D eigenvalue weighted by molar-refractivity contribution is -0.211. The van der Waals surface area contributed by atoms with Crippen LogP contribution in [0, 0.1) is 0 Å². The lowest BCUT2D eigenvalue weighted by atomic mass is 9.85. The Morgan fingerprint density at radius 3 is 1.19 bits per heavy atom. The summed E-state index contributed by atoms with van der Waals surface area (Å²) < 4.78 is 76.2. The van der Waals surface area contributed by atoms with Gasteiger partial charge in [-0.1, -0.05) is 168 Å². The number of hydrogen-bond donors (Lipinski definition) is 8. The molecule has 0 heterocycles. The number of ether oxygens (including phenoxy) is 2. The maximum Gasteiger partial charge on any atom is 0.470 e. The van der Waals surface area contributed by atoms with Crippen LogP contribution in [0.1, 0.15) is 200 Å². The number of hydrogen-bond acceptors (Lipinski definition) is 13. The Kier molecular flexibility index (Phi) is 32.9. The molecule has 1 aliphatic rings. The molecule has 0 spiro atoms. The molecule has 0 aromatic carbocycles. The van der Waals surface area contributed by atoms with Crippen LogP contribution < -0.4 is 0 Å². The van der Waals surface area contributed by atoms with Crippen molar-refractivity contribution in [3.8, 4) is 0 Å². The third kappa shape index (κ3) is 29.1. The topological polar surface area (TPSA) is 293 Å². The van der Waals surface area contributed by atoms with Crippen molar-refractivity contribution in [2.24, 2.45) is 0 Å². The van der Waals surface area contributed by atoms with Gasteiger partial charge in [0.05, 0.1) is 0 Å². The Morgan fingerprint density at radius 2 is 0.812 bits per heavy atom. The molecule has 0 aromatic rings. The van der Waals surface area contributed by atoms with Crippen LogP contribution in [0.25, 0.3) is 0 Å². The third-order valence-electron chi connectivity index (χ3n) is 11.3. The number of aliphatic hydroxyl groups excluding tert-OH is 3. The van der Waals surface area contributed by atoms with E-state index in [2.05, 4.69) is 22.9 Å². The van der Waals surface area contributed by atoms with E-state index in [9.17, 15) is 63.1 Å². The quantitative estimate of drug-likeness (QED) is 0.0162. The smallest absolute Gasteiger partial charge is 0.462 e. The number of rotatable bonds is 40. The van der Waals surface area contributed by atoms with Gasteiger partial charge in [0, 0.05) is 19.3 Å². The molecule has 8 N–H and O–H groups in total. The fourth-order valence-corrected chi connectivity index (χ4v) is 10.0. The van der Waals surface area contributed by atoms with Gasteiger partial charge in [-0.25, -0.2) is 13.5 Å². The lowest BCUT2D eigenvalue weighted by Crippen LogP contribution is -2.65. The summed E-state index contributed by atoms with van der Waals surface area (Å²) in [6.07, 6.45) is 10.2. The number of unbranched alkanes of at least 4 members (excludes halogenated alkanes) is 24. The second-order valence-electron chi connectivity index (χ2n) is 17.2. The minimum atomic E-state index is -5.70. The predicted octanol–water partition coefficient (Wildman–Crippen LogP) is 8.71. The van der Waals surface area contributed by atoms with Gasteiger partial charge in [-0.2, -0.15) is 0 Å². The summed E-state index contributed by atoms with van der Waals surface area (Å²) in [5.74, 6) is -4.40. The summed E-state index contributed by atoms with van der Waals surface area (Å²) in [6.45, 7) is 3.71. The molecule has 0 radical (unpaired) electrons. The van der Waals surface area contributed by atoms with E-state index in [0.717, 1.165) is 57.8 Å². The number of alkyl halides is 1. The van der Waals surface area contributed by atoms with Crippen LogP contribution in [0.15, 0.2) is 0 Å². The van der Waals surface area contributed by atoms with E-state index in [1.165, 1.54) is 96.3 Å². The lowest BCUT2D eigenvalue weighted by Gasteiger charge is -2.45. The Balaban J connectivity index is 2.82. The summed E-state index contributed by atoms with van der Waals surface area (Å²) in [5, 5.41) is 31.9. The molecule has 380 valence electrons. The molecule has 1 fully saturated rings. The van der Waals surface area contributed by atoms with Gasteiger partial charge >= 0.3 is 35.2 Å². The highest BCUT2D eigenvalue weighted by atomic mass is 31.2. The summed E-state index contributed by atoms with van der Waals surface area (Å²) in [7, 11) is -16.9. The van der Waals surface area contributed by atoms with Crippen molar-refractivity contribution in [3.05, 3.63) is 0 Å². The third-order valence-corrected chi connectivity index (χ3v) is 13.8. The largest absolute Gasteiger partial charge is 0.470 e. The van der Waals surface area contributed by atoms with Gasteiger partial charge in [0.15, 0.2) is 0 Å². The molecule has 1 saturated carbocycles. The van der Waals surface area contributed by atoms with Crippen molar-refractivity contribution in [1.29, 1.82) is 0 Å². The Morgan fingerprint density at radius 1 is 0.484 bits per heavy atom. The fraction of sp³-hybridized carbons (Fsp3) is 0.952. The number of phosphoric acid groups is 2. The number of halogens is 1. The zero-order valence-electron chi connectivity index (χ0n) is 38.2. The number of aliphatic hydroxyl groups is 3. The molecular weight excluding hydrogens is 904 g/mol. The predicted molar refractivity (Wildman–Crippen MR) is 238 cm³/mol. The van der Waals surface area contributed by atoms with Crippen LogP contribution in [0.2, 0.25) is 0 Å². The molecule has 0 aromatic heterocycles. The average Bonchev–Trinajstić information content (AvgIpc) is 3.21. The zero-order valence-corrected chi connectivity index (χ0v) is 40.9. The molecule has 0 aliphatic heterocycles. The highest BCUT2D eigenvalue weighted by molar-refractivity contribution is 7.53. The maximum absolute atomic E-state index is 15.8. The first-order valence-electron chi connectivity index (χ1n) is 23.7. The Labute approximate surface area is 380 Å². The average molecular weight is 987 g/mol. The van der Waals surface area contributed by atoms with Crippen molar-refractivity contribution >= 4 is 35.2 Å². The maximum atomic E-state index is 15.8. The summed E-state index contributed by atoms with van der Waals surface area (Å²) >= 11 is 0. The van der Waals surface area contributed by atoms with Crippen molar-refractivity contribution < 1.29 is 90.5 Å². The molecule has 0 bridgehead atoms. The molecular formula is C42H82FO18P3. The van der Waals surface area contributed by atoms with Crippen LogP contribution >= 0.6 is 23.2 Å². The summed E-state index contributed by atoms with van der Waals surface area (Å²) in [6, 6.07) is 0. The molecule has 2 unspecified atom stereocenters. The molecule has 22 heteroatoms. The Hall–Kier alpha value is -0.880. The molecule has 0 saturated heterocycles. The highest BCUT2D eigenvalue weighted by Gasteiger charge is 2.57. The van der Waals surface area contributed by atoms with Gasteiger partial charge in [0.1, 0.15) is 49.3 Å². The van der Waals surface area contributed by atoms with E-state index in [1.807, 2.05) is 0 Å². The minimum Gasteiger partial charge on any atom is -0.462 e. The molecule has 9 atom stereocenters. The zero-order chi connectivity index (χ0) is 48.0. The van der Waals surface area contributed by atoms with E-state index < -0.39 is 96.8 Å². The van der Waals surface area contributed by atoms with Crippen LogP contribution in [0.4, 0.5) is 4.39 Å². The minimum absolute atomic E-state index is 0.0302. The van der Waals surface area contributed by atoms with Crippen molar-refractivity contribution in [2.45, 2.75) is 249 Å². The Bertz CT molecular complexity index is 1380. The summed E-state index contributed by atoms with van der Waals surface area (Å²) in [5.41, 5.74) is 0. The van der Waals surface area contributed by atoms with Gasteiger partial charge in [0.25, 0.3) is 0 Å². The highest BCUT2D eigenvalue weighted by Crippen LogP contribution is 2.54. The van der Waals surface area contributed by atoms with Crippen LogP contribution in [-0.4, -0.2) is 107 Å². The fourth-order valence-electron chi connectivity index (χ4n) is 7.67. The normalized spacial score (nSPS) is 22.5. The van der Waals surface area contributed by atoms with Gasteiger partial charge in [0.2, 0.25) is 5.91 Å². The first-order valence-corrected chi connectivity index (χ1v) is 28.4. The van der Waals surface area contributed by atoms with Crippen molar-refractivity contribution in [1.82, 2.24) is 0 Å². The number of esters is 2. The van der Waals surface area contributed by atoms with Gasteiger partial charge in [-0.3, -0.25) is 27.7 Å². The van der Waals surface area contributed by atoms with Gasteiger partial charge < -0.3 is 49.3 Å². The van der Waals surface area contributed by atoms with E-state index in [0.29, 0.717) is 12.8 Å². The number of carbonyl (C=O) groups is 2. The van der Waals surface area contributed by atoms with Crippen molar-refractivity contribution in [2.75, 3.05) is 6.61 Å². The second-order valence-corrected chi connectivity index (χ2v) is 21.5. The van der Waals surface area contributed by atoms with E-state index in [4.69, 9.17) is 14.0 Å². The van der Waals surface area contributed by atoms with E-state index in [-0.39, 0.29) is 12.8 Å². The number of carbonyl (C=O) groups excluding carboxylic acids is 2. The first kappa shape index (κ1) is 61.1. The van der Waals surface area contributed by atoms with Crippen molar-refractivity contribution in [3.63, 3.8) is 0 Å². The molecule has 64 heavy (non-hydrogen) atoms. The van der Waals surface area contributed by atoms with Gasteiger partial charge in [-0.05, 0) is 12.8 Å². The van der Waals surface area contributed by atoms with E-state index in [1.54, 1.807) is 0 Å². The molecule has 0 amide bonds. The molecule has 1 rings (SSSR count). The van der Waals surface area contributed by atoms with Crippen LogP contribution in [0.5, 0.6) is 0 Å². The van der Waals surface area contributed by atoms with Crippen LogP contribution in [-0.2, 0) is 46.3 Å². The summed E-state index contributed by atoms with van der Waals surface area (Å²) in [4.78, 5) is 73.3. The monoisotopic (exact) mass is 986 g/mol. The SMILES string of the molecule is CCCCCCCCCCCCCCCC(=O)OC[C@H](CC(F)P(=O)(O)O[C@@H]1[C@H](O)[C@H](O)[C@@H](OP(=O)(O)O)[C@H](OP(=O)(O)O)[C@H]1O)OC(=O)CCCCCCCCCCCCCCC. The van der Waals surface area contributed by atoms with Crippen LogP contribution in [0.3, 0.4) is 0 Å². The second kappa shape index (κ2) is 34.4. The standard InChI is InChI=1S/C42H82FO18P3/c1-3-5-7-9-11-13-15-17-19-21-23-25-27-29-35(44)57-32-33(58-36(45)30-28-26-24-22-20-18-16-14-12-10-8-6-4-2)31-34(43)62(49,50)59-40-37(46)38(47)41(60-63(51,52)53)42(39(40)48)61-64(54,55)56/h33-34,37-42,46-48H,3-32H2,1-2H3,(H,49,50)(H2,51,52,53)(H2,54,55,56)/t33-,34?,37+,38-,39-,40+,41+,42+/m0/s1. The number of phosphoric ester groups is 2. The molecule has 18 nitrogen and oxygen atoms in total. The van der Waals surface area contributed by atoms with E-state index >= 15 is 4.39 Å². The molecule has 1 aliphatic carbocycles. The van der Waals surface area contributed by atoms with Gasteiger partial charge in [-0.15, -0.1) is 0 Å². The first-order chi connectivity index (χ1) is 30.2.